The number of nitrogens with zero attached hydrogens (tertiary/aromatic N) is 4. The molecule has 1 amide bonds. The molecule has 4 heterocycles. The van der Waals surface area contributed by atoms with Crippen LogP contribution in [-0.4, -0.2) is 51.0 Å². The number of fused-ring (bicyclic) bond motifs is 1. The van der Waals surface area contributed by atoms with E-state index in [0.29, 0.717) is 37.6 Å². The molecule has 0 radical (unpaired) electrons. The molecule has 1 fully saturated rings. The van der Waals surface area contributed by atoms with Crippen molar-refractivity contribution in [2.24, 2.45) is 0 Å². The Labute approximate surface area is 168 Å². The molecule has 154 valence electrons. The number of nitrogens with one attached hydrogen (secondary N) is 1. The van der Waals surface area contributed by atoms with Crippen LogP contribution in [0.15, 0.2) is 16.7 Å². The molecule has 3 aromatic rings. The smallest absolute Gasteiger partial charge is 0.270 e. The Morgan fingerprint density at radius 3 is 2.90 bits per heavy atom. The molecule has 0 spiro atoms. The molecule has 0 aromatic carbocycles. The second kappa shape index (κ2) is 7.92. The first-order chi connectivity index (χ1) is 13.9. The number of amides is 1. The van der Waals surface area contributed by atoms with Crippen LogP contribution in [0.5, 0.6) is 0 Å². The highest BCUT2D eigenvalue weighted by molar-refractivity contribution is 5.93. The molecule has 0 aliphatic carbocycles. The maximum Gasteiger partial charge on any atom is 0.270 e. The van der Waals surface area contributed by atoms with E-state index in [1.807, 2.05) is 33.8 Å². The second-order valence-corrected chi connectivity index (χ2v) is 7.43. The lowest BCUT2D eigenvalue weighted by molar-refractivity contribution is -0.0739. The molecule has 3 aromatic heterocycles. The van der Waals surface area contributed by atoms with Crippen molar-refractivity contribution in [3.8, 4) is 0 Å². The van der Waals surface area contributed by atoms with Gasteiger partial charge in [-0.3, -0.25) is 4.79 Å². The fourth-order valence-corrected chi connectivity index (χ4v) is 3.54. The highest BCUT2D eigenvalue weighted by Crippen LogP contribution is 2.18. The van der Waals surface area contributed by atoms with Gasteiger partial charge in [0.15, 0.2) is 5.65 Å². The molecule has 0 bridgehead atoms. The lowest BCUT2D eigenvalue weighted by Gasteiger charge is -2.32. The monoisotopic (exact) mass is 399 g/mol. The molecule has 0 unspecified atom stereocenters. The van der Waals surface area contributed by atoms with Crippen molar-refractivity contribution in [2.45, 2.75) is 52.9 Å². The van der Waals surface area contributed by atoms with Crippen molar-refractivity contribution in [3.05, 3.63) is 46.2 Å². The molecule has 0 saturated carbocycles. The van der Waals surface area contributed by atoms with Gasteiger partial charge >= 0.3 is 0 Å². The number of rotatable bonds is 5. The number of carbonyl (C=O) groups is 1. The third-order valence-corrected chi connectivity index (χ3v) is 5.20. The van der Waals surface area contributed by atoms with E-state index in [1.54, 1.807) is 10.6 Å². The van der Waals surface area contributed by atoms with Crippen LogP contribution in [0.25, 0.3) is 5.65 Å². The third-order valence-electron chi connectivity index (χ3n) is 5.20. The van der Waals surface area contributed by atoms with E-state index in [4.69, 9.17) is 14.0 Å². The standard InChI is InChI=1S/C20H25N5O4/c1-11-7-19-21-17(8-12(2)25(19)23-11)20(26)22-16-5-6-27-10-18(16)28-9-15-13(3)24-29-14(15)4/h7-8,16,18H,5-6,9-10H2,1-4H3,(H,22,26)/t16-,18-/m1/s1. The molecular weight excluding hydrogens is 374 g/mol. The Morgan fingerprint density at radius 1 is 1.31 bits per heavy atom. The Hall–Kier alpha value is -2.78. The summed E-state index contributed by atoms with van der Waals surface area (Å²) in [7, 11) is 0. The van der Waals surface area contributed by atoms with Crippen molar-refractivity contribution < 1.29 is 18.8 Å². The van der Waals surface area contributed by atoms with Crippen LogP contribution in [0, 0.1) is 27.7 Å². The number of hydrogen-bond acceptors (Lipinski definition) is 7. The van der Waals surface area contributed by atoms with E-state index < -0.39 is 0 Å². The molecule has 1 N–H and O–H groups in total. The van der Waals surface area contributed by atoms with Crippen LogP contribution in [0.1, 0.15) is 45.3 Å². The molecule has 9 heteroatoms. The number of aryl methyl sites for hydroxylation is 4. The van der Waals surface area contributed by atoms with Crippen LogP contribution < -0.4 is 5.32 Å². The molecule has 1 saturated heterocycles. The summed E-state index contributed by atoms with van der Waals surface area (Å²) < 4.78 is 18.5. The van der Waals surface area contributed by atoms with Crippen molar-refractivity contribution in [1.29, 1.82) is 0 Å². The molecular formula is C20H25N5O4. The van der Waals surface area contributed by atoms with Gasteiger partial charge < -0.3 is 19.3 Å². The highest BCUT2D eigenvalue weighted by Gasteiger charge is 2.29. The molecule has 9 nitrogen and oxygen atoms in total. The van der Waals surface area contributed by atoms with E-state index in [2.05, 4.69) is 20.6 Å². The van der Waals surface area contributed by atoms with E-state index in [0.717, 1.165) is 28.4 Å². The van der Waals surface area contributed by atoms with Crippen LogP contribution in [0.3, 0.4) is 0 Å². The summed E-state index contributed by atoms with van der Waals surface area (Å²) in [5.74, 6) is 0.510. The summed E-state index contributed by atoms with van der Waals surface area (Å²) in [6.07, 6.45) is 0.411. The largest absolute Gasteiger partial charge is 0.379 e. The minimum atomic E-state index is -0.261. The zero-order valence-corrected chi connectivity index (χ0v) is 17.1. The van der Waals surface area contributed by atoms with Gasteiger partial charge in [-0.2, -0.15) is 5.10 Å². The quantitative estimate of drug-likeness (QED) is 0.700. The highest BCUT2D eigenvalue weighted by atomic mass is 16.5. The molecule has 1 aliphatic heterocycles. The van der Waals surface area contributed by atoms with Gasteiger partial charge in [0.05, 0.1) is 30.6 Å². The fourth-order valence-electron chi connectivity index (χ4n) is 3.54. The first kappa shape index (κ1) is 19.5. The summed E-state index contributed by atoms with van der Waals surface area (Å²) in [5.41, 5.74) is 4.47. The molecule has 2 atom stereocenters. The maximum atomic E-state index is 12.9. The zero-order valence-electron chi connectivity index (χ0n) is 17.1. The second-order valence-electron chi connectivity index (χ2n) is 7.43. The van der Waals surface area contributed by atoms with Crippen LogP contribution in [0.4, 0.5) is 0 Å². The van der Waals surface area contributed by atoms with Crippen molar-refractivity contribution >= 4 is 11.6 Å². The number of hydrogen-bond donors (Lipinski definition) is 1. The lowest BCUT2D eigenvalue weighted by atomic mass is 10.1. The average molecular weight is 399 g/mol. The van der Waals surface area contributed by atoms with Gasteiger partial charge in [-0.05, 0) is 40.2 Å². The first-order valence-corrected chi connectivity index (χ1v) is 9.68. The topological polar surface area (TPSA) is 104 Å². The summed E-state index contributed by atoms with van der Waals surface area (Å²) >= 11 is 0. The van der Waals surface area contributed by atoms with Gasteiger partial charge in [0.25, 0.3) is 5.91 Å². The van der Waals surface area contributed by atoms with Gasteiger partial charge in [0.1, 0.15) is 17.6 Å². The minimum Gasteiger partial charge on any atom is -0.379 e. The van der Waals surface area contributed by atoms with Crippen molar-refractivity contribution in [1.82, 2.24) is 25.1 Å². The normalized spacial score (nSPS) is 19.6. The predicted octanol–water partition coefficient (Wildman–Crippen LogP) is 2.06. The number of ether oxygens (including phenoxy) is 2. The Bertz CT molecular complexity index is 1020. The molecule has 29 heavy (non-hydrogen) atoms. The van der Waals surface area contributed by atoms with Gasteiger partial charge in [-0.25, -0.2) is 9.50 Å². The van der Waals surface area contributed by atoms with E-state index in [-0.39, 0.29) is 18.1 Å². The van der Waals surface area contributed by atoms with Gasteiger partial charge in [-0.15, -0.1) is 0 Å². The van der Waals surface area contributed by atoms with Crippen LogP contribution in [0.2, 0.25) is 0 Å². The molecule has 1 aliphatic rings. The summed E-state index contributed by atoms with van der Waals surface area (Å²) in [6, 6.07) is 3.43. The average Bonchev–Trinajstić information content (AvgIpc) is 3.23. The van der Waals surface area contributed by atoms with Crippen molar-refractivity contribution in [3.63, 3.8) is 0 Å². The van der Waals surface area contributed by atoms with E-state index in [1.165, 1.54) is 0 Å². The summed E-state index contributed by atoms with van der Waals surface area (Å²) in [5, 5.41) is 11.4. The van der Waals surface area contributed by atoms with Gasteiger partial charge in [0, 0.05) is 23.9 Å². The predicted molar refractivity (Wildman–Crippen MR) is 104 cm³/mol. The van der Waals surface area contributed by atoms with Crippen molar-refractivity contribution in [2.75, 3.05) is 13.2 Å². The summed E-state index contributed by atoms with van der Waals surface area (Å²) in [4.78, 5) is 17.3. The fraction of sp³-hybridized carbons (Fsp3) is 0.500. The Balaban J connectivity index is 1.47. The lowest BCUT2D eigenvalue weighted by Crippen LogP contribution is -2.50. The third kappa shape index (κ3) is 4.01. The van der Waals surface area contributed by atoms with Crippen LogP contribution >= 0.6 is 0 Å². The summed E-state index contributed by atoms with van der Waals surface area (Å²) in [6.45, 7) is 8.90. The zero-order chi connectivity index (χ0) is 20.5. The van der Waals surface area contributed by atoms with Gasteiger partial charge in [0.2, 0.25) is 0 Å². The Kier molecular flexibility index (Phi) is 5.33. The van der Waals surface area contributed by atoms with Gasteiger partial charge in [-0.1, -0.05) is 5.16 Å². The van der Waals surface area contributed by atoms with E-state index >= 15 is 0 Å². The minimum absolute atomic E-state index is 0.165. The van der Waals surface area contributed by atoms with Crippen LogP contribution in [-0.2, 0) is 16.1 Å². The first-order valence-electron chi connectivity index (χ1n) is 9.68. The van der Waals surface area contributed by atoms with E-state index in [9.17, 15) is 4.79 Å². The number of aromatic nitrogens is 4. The SMILES string of the molecule is Cc1cc2nc(C(=O)N[C@@H]3CCOC[C@H]3OCc3c(C)noc3C)cc(C)n2n1. The molecule has 4 rings (SSSR count). The Morgan fingerprint density at radius 2 is 2.14 bits per heavy atom. The number of carbonyl (C=O) groups excluding carboxylic acids is 1. The maximum absolute atomic E-state index is 12.9.